The molecule has 2 aromatic rings. The number of H-pyrrole nitrogens is 1. The van der Waals surface area contributed by atoms with E-state index in [-0.39, 0.29) is 16.2 Å². The highest BCUT2D eigenvalue weighted by molar-refractivity contribution is 7.16. The minimum Gasteiger partial charge on any atom is -0.506 e. The SMILES string of the molecule is C[C@H]1[C@H]2[C@H]3[C@H]4C[C@]1(NC[C@H](O)c1ccc(O)c5[nH]c(=O)sc15)C234. The Labute approximate surface area is 136 Å². The zero-order chi connectivity index (χ0) is 15.7. The van der Waals surface area contributed by atoms with Gasteiger partial charge < -0.3 is 20.5 Å². The van der Waals surface area contributed by atoms with E-state index in [4.69, 9.17) is 0 Å². The Morgan fingerprint density at radius 1 is 1.48 bits per heavy atom. The predicted octanol–water partition coefficient (Wildman–Crippen LogP) is 1.57. The van der Waals surface area contributed by atoms with Gasteiger partial charge in [0.2, 0.25) is 0 Å². The van der Waals surface area contributed by atoms with Crippen molar-refractivity contribution in [2.24, 2.45) is 29.1 Å². The number of nitrogens with one attached hydrogen (secondary N) is 2. The Bertz CT molecular complexity index is 930. The van der Waals surface area contributed by atoms with Gasteiger partial charge >= 0.3 is 4.87 Å². The number of β-amino-alcohol motifs (C(OH)–C–C–N with tert-alkyl or cyclic N) is 1. The fraction of sp³-hybridized carbons (Fsp3) is 0.588. The van der Waals surface area contributed by atoms with Gasteiger partial charge in [0.1, 0.15) is 11.3 Å². The fourth-order valence-corrected chi connectivity index (χ4v) is 7.48. The molecule has 1 spiro atoms. The molecule has 4 N–H and O–H groups in total. The van der Waals surface area contributed by atoms with Crippen molar-refractivity contribution in [1.82, 2.24) is 10.3 Å². The van der Waals surface area contributed by atoms with E-state index in [1.807, 2.05) is 0 Å². The molecule has 0 bridgehead atoms. The standard InChI is InChI=1S/C17H18N2O3S/c1-6-11-12-8-4-16(6,17(8,11)12)18-5-10(21)7-2-3-9(20)13-14(7)23-15(22)19-13/h2-3,6,8,10-12,18,20-21H,4-5H2,1H3,(H,19,22)/t6-,8+,10-,11-,12+,16+,17?/m0/s1. The number of benzene rings is 1. The third kappa shape index (κ3) is 1.13. The first-order chi connectivity index (χ1) is 11.0. The van der Waals surface area contributed by atoms with E-state index in [2.05, 4.69) is 17.2 Å². The van der Waals surface area contributed by atoms with Crippen molar-refractivity contribution in [2.75, 3.05) is 6.54 Å². The zero-order valence-electron chi connectivity index (χ0n) is 12.7. The molecule has 0 radical (unpaired) electrons. The number of rotatable bonds is 4. The molecule has 5 nitrogen and oxygen atoms in total. The molecule has 4 saturated carbocycles. The summed E-state index contributed by atoms with van der Waals surface area (Å²) in [5.74, 6) is 3.70. The smallest absolute Gasteiger partial charge is 0.305 e. The van der Waals surface area contributed by atoms with Gasteiger partial charge in [0.05, 0.1) is 10.8 Å². The molecule has 1 heterocycles. The number of aliphatic hydroxyl groups is 1. The van der Waals surface area contributed by atoms with Gasteiger partial charge in [-0.1, -0.05) is 24.3 Å². The monoisotopic (exact) mass is 330 g/mol. The van der Waals surface area contributed by atoms with Crippen LogP contribution in [0.2, 0.25) is 0 Å². The van der Waals surface area contributed by atoms with Gasteiger partial charge in [-0.3, -0.25) is 4.79 Å². The number of aliphatic hydroxyl groups excluding tert-OH is 1. The molecule has 0 aliphatic heterocycles. The molecule has 0 amide bonds. The van der Waals surface area contributed by atoms with Crippen LogP contribution in [0.3, 0.4) is 0 Å². The van der Waals surface area contributed by atoms with Gasteiger partial charge in [0.25, 0.3) is 0 Å². The summed E-state index contributed by atoms with van der Waals surface area (Å²) in [4.78, 5) is 14.0. The second kappa shape index (κ2) is 3.50. The van der Waals surface area contributed by atoms with Crippen LogP contribution in [0.15, 0.2) is 16.9 Å². The van der Waals surface area contributed by atoms with Crippen LogP contribution in [0.5, 0.6) is 5.75 Å². The molecular weight excluding hydrogens is 312 g/mol. The number of phenols is 1. The molecule has 4 aliphatic carbocycles. The van der Waals surface area contributed by atoms with Crippen molar-refractivity contribution >= 4 is 21.6 Å². The third-order valence-electron chi connectivity index (χ3n) is 7.51. The highest BCUT2D eigenvalue weighted by Gasteiger charge is 3.07. The summed E-state index contributed by atoms with van der Waals surface area (Å²) in [6.07, 6.45) is 0.599. The Kier molecular flexibility index (Phi) is 1.98. The average molecular weight is 330 g/mol. The van der Waals surface area contributed by atoms with E-state index in [0.29, 0.717) is 27.7 Å². The quantitative estimate of drug-likeness (QED) is 0.686. The maximum Gasteiger partial charge on any atom is 0.305 e. The molecule has 7 atom stereocenters. The van der Waals surface area contributed by atoms with Crippen LogP contribution >= 0.6 is 11.3 Å². The molecule has 6 heteroatoms. The van der Waals surface area contributed by atoms with E-state index in [1.54, 1.807) is 12.1 Å². The molecule has 23 heavy (non-hydrogen) atoms. The van der Waals surface area contributed by atoms with E-state index >= 15 is 0 Å². The number of aromatic nitrogens is 1. The van der Waals surface area contributed by atoms with Crippen molar-refractivity contribution in [2.45, 2.75) is 25.0 Å². The van der Waals surface area contributed by atoms with Gasteiger partial charge in [-0.25, -0.2) is 0 Å². The Morgan fingerprint density at radius 2 is 2.30 bits per heavy atom. The minimum absolute atomic E-state index is 0.0517. The number of aromatic hydroxyl groups is 1. The molecule has 4 fully saturated rings. The first-order valence-corrected chi connectivity index (χ1v) is 9.12. The first kappa shape index (κ1) is 13.0. The lowest BCUT2D eigenvalue weighted by Gasteiger charge is -2.64. The number of hydrogen-bond donors (Lipinski definition) is 4. The highest BCUT2D eigenvalue weighted by Crippen LogP contribution is 3.06. The lowest BCUT2D eigenvalue weighted by molar-refractivity contribution is -0.115. The molecule has 6 rings (SSSR count). The van der Waals surface area contributed by atoms with Crippen LogP contribution in [-0.4, -0.2) is 27.3 Å². The molecule has 1 aromatic heterocycles. The Hall–Kier alpha value is -1.37. The summed E-state index contributed by atoms with van der Waals surface area (Å²) in [5.41, 5.74) is 2.04. The summed E-state index contributed by atoms with van der Waals surface area (Å²) in [6, 6.07) is 3.26. The van der Waals surface area contributed by atoms with Crippen LogP contribution in [0.4, 0.5) is 0 Å². The Balaban J connectivity index is 1.28. The van der Waals surface area contributed by atoms with Crippen molar-refractivity contribution in [3.05, 3.63) is 27.4 Å². The molecule has 0 saturated heterocycles. The highest BCUT2D eigenvalue weighted by atomic mass is 32.1. The predicted molar refractivity (Wildman–Crippen MR) is 86.5 cm³/mol. The van der Waals surface area contributed by atoms with E-state index in [1.165, 1.54) is 6.42 Å². The summed E-state index contributed by atoms with van der Waals surface area (Å²) in [5, 5.41) is 24.2. The number of fused-ring (bicyclic) bond motifs is 3. The topological polar surface area (TPSA) is 85.3 Å². The minimum atomic E-state index is -0.670. The van der Waals surface area contributed by atoms with Crippen LogP contribution in [0.1, 0.15) is 25.0 Å². The fourth-order valence-electron chi connectivity index (χ4n) is 6.56. The maximum absolute atomic E-state index is 11.6. The van der Waals surface area contributed by atoms with Crippen LogP contribution in [-0.2, 0) is 0 Å². The first-order valence-electron chi connectivity index (χ1n) is 8.30. The van der Waals surface area contributed by atoms with E-state index in [0.717, 1.165) is 35.0 Å². The normalized spacial score (nSPS) is 45.7. The lowest BCUT2D eigenvalue weighted by Crippen LogP contribution is -2.73. The number of aromatic amines is 1. The molecular formula is C17H18N2O3S. The van der Waals surface area contributed by atoms with Crippen LogP contribution < -0.4 is 10.2 Å². The third-order valence-corrected chi connectivity index (χ3v) is 8.44. The van der Waals surface area contributed by atoms with E-state index < -0.39 is 6.10 Å². The largest absolute Gasteiger partial charge is 0.506 e. The Morgan fingerprint density at radius 3 is 2.96 bits per heavy atom. The van der Waals surface area contributed by atoms with Gasteiger partial charge in [-0.15, -0.1) is 0 Å². The van der Waals surface area contributed by atoms with Crippen LogP contribution in [0, 0.1) is 29.1 Å². The molecule has 120 valence electrons. The summed E-state index contributed by atoms with van der Waals surface area (Å²) in [7, 11) is 0. The van der Waals surface area contributed by atoms with Crippen molar-refractivity contribution in [3.8, 4) is 5.75 Å². The molecule has 1 unspecified atom stereocenters. The summed E-state index contributed by atoms with van der Waals surface area (Å²) < 4.78 is 0.654. The number of phenolic OH excluding ortho intramolecular Hbond substituents is 1. The summed E-state index contributed by atoms with van der Waals surface area (Å²) in [6.45, 7) is 2.85. The summed E-state index contributed by atoms with van der Waals surface area (Å²) >= 11 is 1.04. The van der Waals surface area contributed by atoms with E-state index in [9.17, 15) is 15.0 Å². The molecule has 4 aliphatic rings. The molecule has 1 aromatic carbocycles. The van der Waals surface area contributed by atoms with Crippen molar-refractivity contribution < 1.29 is 10.2 Å². The number of thiazole rings is 1. The van der Waals surface area contributed by atoms with Gasteiger partial charge in [0, 0.05) is 17.6 Å². The van der Waals surface area contributed by atoms with Gasteiger partial charge in [0.15, 0.2) is 0 Å². The second-order valence-corrected chi connectivity index (χ2v) is 8.83. The van der Waals surface area contributed by atoms with Crippen molar-refractivity contribution in [1.29, 1.82) is 0 Å². The van der Waals surface area contributed by atoms with Crippen LogP contribution in [0.25, 0.3) is 10.2 Å². The lowest BCUT2D eigenvalue weighted by atomic mass is 9.46. The van der Waals surface area contributed by atoms with Gasteiger partial charge in [-0.2, -0.15) is 0 Å². The number of hydrogen-bond acceptors (Lipinski definition) is 5. The zero-order valence-corrected chi connectivity index (χ0v) is 13.5. The van der Waals surface area contributed by atoms with Gasteiger partial charge in [-0.05, 0) is 41.6 Å². The second-order valence-electron chi connectivity index (χ2n) is 7.84. The average Bonchev–Trinajstić information content (AvgIpc) is 3.30. The van der Waals surface area contributed by atoms with Crippen molar-refractivity contribution in [3.63, 3.8) is 0 Å². The maximum atomic E-state index is 11.6.